The normalized spacial score (nSPS) is 16.4. The van der Waals surface area contributed by atoms with E-state index in [9.17, 15) is 0 Å². The zero-order valence-corrected chi connectivity index (χ0v) is 11.3. The van der Waals surface area contributed by atoms with E-state index in [1.165, 1.54) is 32.1 Å². The van der Waals surface area contributed by atoms with Gasteiger partial charge in [0.15, 0.2) is 0 Å². The van der Waals surface area contributed by atoms with Crippen LogP contribution in [0, 0.1) is 5.92 Å². The van der Waals surface area contributed by atoms with Crippen LogP contribution in [-0.4, -0.2) is 16.1 Å². The Morgan fingerprint density at radius 3 is 2.68 bits per heavy atom. The molecule has 0 amide bonds. The third-order valence-corrected chi connectivity index (χ3v) is 3.95. The van der Waals surface area contributed by atoms with Gasteiger partial charge in [0.25, 0.3) is 0 Å². The summed E-state index contributed by atoms with van der Waals surface area (Å²) >= 11 is 0. The zero-order chi connectivity index (χ0) is 12.9. The number of anilines is 1. The zero-order valence-electron chi connectivity index (χ0n) is 11.3. The first-order valence-electron chi connectivity index (χ1n) is 7.26. The molecule has 1 N–H and O–H groups in total. The van der Waals surface area contributed by atoms with E-state index in [2.05, 4.69) is 39.1 Å². The average Bonchev–Trinajstić information content (AvgIpc) is 2.95. The molecule has 1 fully saturated rings. The lowest BCUT2D eigenvalue weighted by atomic mass is 9.89. The Morgan fingerprint density at radius 1 is 1.11 bits per heavy atom. The molecule has 19 heavy (non-hydrogen) atoms. The molecule has 3 rings (SSSR count). The number of imidazole rings is 1. The lowest BCUT2D eigenvalue weighted by Crippen LogP contribution is -2.18. The second-order valence-electron chi connectivity index (χ2n) is 5.34. The Morgan fingerprint density at radius 2 is 1.89 bits per heavy atom. The van der Waals surface area contributed by atoms with Crippen molar-refractivity contribution in [2.75, 3.05) is 11.9 Å². The minimum Gasteiger partial charge on any atom is -0.355 e. The highest BCUT2D eigenvalue weighted by Crippen LogP contribution is 2.24. The summed E-state index contributed by atoms with van der Waals surface area (Å²) in [5.41, 5.74) is 1.16. The van der Waals surface area contributed by atoms with E-state index in [4.69, 9.17) is 0 Å². The second-order valence-corrected chi connectivity index (χ2v) is 5.34. The molecular formula is C16H21N3. The fourth-order valence-electron chi connectivity index (χ4n) is 2.86. The molecule has 0 spiro atoms. The van der Waals surface area contributed by atoms with Crippen LogP contribution in [0.3, 0.4) is 0 Å². The molecule has 0 bridgehead atoms. The van der Waals surface area contributed by atoms with Crippen molar-refractivity contribution in [1.82, 2.24) is 9.55 Å². The van der Waals surface area contributed by atoms with Gasteiger partial charge >= 0.3 is 0 Å². The maximum atomic E-state index is 4.43. The number of aromatic nitrogens is 2. The molecule has 1 aliphatic carbocycles. The standard InChI is InChI=1S/C16H21N3/c1-3-7-14(8-4-1)13-18-16-17-11-12-19(16)15-9-5-2-6-10-15/h2,5-6,9-12,14H,1,3-4,7-8,13H2,(H,17,18). The molecule has 1 aromatic heterocycles. The summed E-state index contributed by atoms with van der Waals surface area (Å²) in [6.45, 7) is 1.05. The molecule has 2 aromatic rings. The van der Waals surface area contributed by atoms with E-state index < -0.39 is 0 Å². The summed E-state index contributed by atoms with van der Waals surface area (Å²) in [7, 11) is 0. The summed E-state index contributed by atoms with van der Waals surface area (Å²) in [6.07, 6.45) is 10.8. The molecule has 100 valence electrons. The molecule has 1 heterocycles. The van der Waals surface area contributed by atoms with Gasteiger partial charge in [0.05, 0.1) is 0 Å². The Balaban J connectivity index is 1.67. The van der Waals surface area contributed by atoms with Crippen LogP contribution in [0.25, 0.3) is 5.69 Å². The number of nitrogens with zero attached hydrogens (tertiary/aromatic N) is 2. The van der Waals surface area contributed by atoms with Gasteiger partial charge in [-0.05, 0) is 30.9 Å². The van der Waals surface area contributed by atoms with Crippen LogP contribution >= 0.6 is 0 Å². The van der Waals surface area contributed by atoms with Gasteiger partial charge in [-0.1, -0.05) is 37.5 Å². The quantitative estimate of drug-likeness (QED) is 0.899. The summed E-state index contributed by atoms with van der Waals surface area (Å²) < 4.78 is 2.11. The molecule has 0 atom stereocenters. The van der Waals surface area contributed by atoms with Gasteiger partial charge in [0.2, 0.25) is 5.95 Å². The lowest BCUT2D eigenvalue weighted by molar-refractivity contribution is 0.373. The molecule has 1 aliphatic rings. The Hall–Kier alpha value is -1.77. The summed E-state index contributed by atoms with van der Waals surface area (Å²) in [6, 6.07) is 10.4. The number of nitrogens with one attached hydrogen (secondary N) is 1. The van der Waals surface area contributed by atoms with E-state index in [1.54, 1.807) is 0 Å². The Bertz CT molecular complexity index is 498. The first-order valence-corrected chi connectivity index (χ1v) is 7.26. The van der Waals surface area contributed by atoms with Gasteiger partial charge in [-0.25, -0.2) is 4.98 Å². The average molecular weight is 255 g/mol. The van der Waals surface area contributed by atoms with Gasteiger partial charge in [-0.15, -0.1) is 0 Å². The molecule has 0 unspecified atom stereocenters. The van der Waals surface area contributed by atoms with Gasteiger partial charge in [0, 0.05) is 24.6 Å². The summed E-state index contributed by atoms with van der Waals surface area (Å²) in [5.74, 6) is 1.77. The number of rotatable bonds is 4. The topological polar surface area (TPSA) is 29.9 Å². The monoisotopic (exact) mass is 255 g/mol. The highest BCUT2D eigenvalue weighted by atomic mass is 15.2. The smallest absolute Gasteiger partial charge is 0.207 e. The van der Waals surface area contributed by atoms with Crippen molar-refractivity contribution in [1.29, 1.82) is 0 Å². The highest BCUT2D eigenvalue weighted by Gasteiger charge is 2.14. The number of benzene rings is 1. The first-order chi connectivity index (χ1) is 9.43. The van der Waals surface area contributed by atoms with Crippen LogP contribution in [0.4, 0.5) is 5.95 Å². The summed E-state index contributed by atoms with van der Waals surface area (Å²) in [5, 5.41) is 3.51. The molecule has 1 saturated carbocycles. The minimum absolute atomic E-state index is 0.815. The van der Waals surface area contributed by atoms with Crippen molar-refractivity contribution in [3.63, 3.8) is 0 Å². The molecule has 0 saturated heterocycles. The van der Waals surface area contributed by atoms with Gasteiger partial charge < -0.3 is 5.32 Å². The van der Waals surface area contributed by atoms with Crippen molar-refractivity contribution < 1.29 is 0 Å². The van der Waals surface area contributed by atoms with Crippen LogP contribution < -0.4 is 5.32 Å². The van der Waals surface area contributed by atoms with Crippen molar-refractivity contribution in [2.45, 2.75) is 32.1 Å². The largest absolute Gasteiger partial charge is 0.355 e. The minimum atomic E-state index is 0.815. The lowest BCUT2D eigenvalue weighted by Gasteiger charge is -2.22. The fraction of sp³-hybridized carbons (Fsp3) is 0.438. The van der Waals surface area contributed by atoms with E-state index in [1.807, 2.05) is 18.5 Å². The van der Waals surface area contributed by atoms with Crippen molar-refractivity contribution in [2.24, 2.45) is 5.92 Å². The fourth-order valence-corrected chi connectivity index (χ4v) is 2.86. The SMILES string of the molecule is c1ccc(-n2ccnc2NCC2CCCCC2)cc1. The number of hydrogen-bond donors (Lipinski definition) is 1. The predicted molar refractivity (Wildman–Crippen MR) is 78.6 cm³/mol. The van der Waals surface area contributed by atoms with Crippen LogP contribution in [0.15, 0.2) is 42.7 Å². The van der Waals surface area contributed by atoms with Crippen LogP contribution in [0.1, 0.15) is 32.1 Å². The molecule has 1 aromatic carbocycles. The number of para-hydroxylation sites is 1. The Kier molecular flexibility index (Phi) is 3.82. The summed E-state index contributed by atoms with van der Waals surface area (Å²) in [4.78, 5) is 4.43. The van der Waals surface area contributed by atoms with Crippen LogP contribution in [-0.2, 0) is 0 Å². The van der Waals surface area contributed by atoms with Gasteiger partial charge in [0.1, 0.15) is 0 Å². The molecule has 3 heteroatoms. The predicted octanol–water partition coefficient (Wildman–Crippen LogP) is 3.86. The van der Waals surface area contributed by atoms with Gasteiger partial charge in [-0.2, -0.15) is 0 Å². The molecule has 3 nitrogen and oxygen atoms in total. The second kappa shape index (κ2) is 5.91. The Labute approximate surface area is 114 Å². The van der Waals surface area contributed by atoms with Crippen molar-refractivity contribution >= 4 is 5.95 Å². The maximum Gasteiger partial charge on any atom is 0.207 e. The van der Waals surface area contributed by atoms with E-state index in [0.717, 1.165) is 24.1 Å². The van der Waals surface area contributed by atoms with E-state index in [0.29, 0.717) is 0 Å². The molecule has 0 radical (unpaired) electrons. The molecule has 0 aliphatic heterocycles. The van der Waals surface area contributed by atoms with E-state index >= 15 is 0 Å². The van der Waals surface area contributed by atoms with E-state index in [-0.39, 0.29) is 0 Å². The third-order valence-electron chi connectivity index (χ3n) is 3.95. The van der Waals surface area contributed by atoms with Crippen molar-refractivity contribution in [3.05, 3.63) is 42.7 Å². The third kappa shape index (κ3) is 2.98. The number of hydrogen-bond acceptors (Lipinski definition) is 2. The highest BCUT2D eigenvalue weighted by molar-refractivity contribution is 5.41. The maximum absolute atomic E-state index is 4.43. The van der Waals surface area contributed by atoms with Crippen LogP contribution in [0.2, 0.25) is 0 Å². The van der Waals surface area contributed by atoms with Gasteiger partial charge in [-0.3, -0.25) is 4.57 Å². The van der Waals surface area contributed by atoms with Crippen molar-refractivity contribution in [3.8, 4) is 5.69 Å². The first kappa shape index (κ1) is 12.3. The molecular weight excluding hydrogens is 234 g/mol. The van der Waals surface area contributed by atoms with Crippen LogP contribution in [0.5, 0.6) is 0 Å².